The summed E-state index contributed by atoms with van der Waals surface area (Å²) in [7, 11) is 1.74. The number of hydrogen-bond acceptors (Lipinski definition) is 8. The molecule has 3 atom stereocenters. The number of likely N-dealkylation sites (tertiary alicyclic amines) is 1. The third-order valence-corrected chi connectivity index (χ3v) is 10.9. The van der Waals surface area contributed by atoms with E-state index >= 15 is 0 Å². The molecule has 2 heterocycles. The summed E-state index contributed by atoms with van der Waals surface area (Å²) in [5.74, 6) is -0.753. The summed E-state index contributed by atoms with van der Waals surface area (Å²) in [6.45, 7) is 7.42. The van der Waals surface area contributed by atoms with Gasteiger partial charge in [0.2, 0.25) is 17.6 Å². The number of furan rings is 1. The molecule has 1 aromatic carbocycles. The number of unbranched alkanes of at least 4 members (excludes halogenated alkanes) is 1. The third kappa shape index (κ3) is 9.81. The zero-order valence-electron chi connectivity index (χ0n) is 30.8. The highest BCUT2D eigenvalue weighted by atomic mass is 19.1. The van der Waals surface area contributed by atoms with Gasteiger partial charge >= 0.3 is 12.1 Å². The van der Waals surface area contributed by atoms with Gasteiger partial charge in [-0.25, -0.2) is 14.0 Å². The SMILES string of the molecule is CCCCOC(=O)c1cc2cc(NC(=O)[C@@H]3[C@H](C4CCC(OC)CC4)CCN3C(=O)C3CCC([C@@H](CF)NC(=O)OC(C)(C)C)CC3)ccc2o1. The molecule has 2 saturated carbocycles. The molecule has 2 aliphatic carbocycles. The number of carbonyl (C=O) groups is 4. The quantitative estimate of drug-likeness (QED) is 0.171. The summed E-state index contributed by atoms with van der Waals surface area (Å²) in [6.07, 6.45) is 8.04. The second-order valence-corrected chi connectivity index (χ2v) is 15.6. The molecule has 3 fully saturated rings. The van der Waals surface area contributed by atoms with Crippen molar-refractivity contribution in [3.8, 4) is 0 Å². The van der Waals surface area contributed by atoms with E-state index in [-0.39, 0.29) is 41.4 Å². The Morgan fingerprint density at radius 2 is 1.73 bits per heavy atom. The molecule has 1 aromatic heterocycles. The summed E-state index contributed by atoms with van der Waals surface area (Å²) in [5.41, 5.74) is 0.372. The molecule has 0 radical (unpaired) electrons. The van der Waals surface area contributed by atoms with E-state index in [4.69, 9.17) is 18.6 Å². The smallest absolute Gasteiger partial charge is 0.407 e. The Hall–Kier alpha value is -3.67. The van der Waals surface area contributed by atoms with Gasteiger partial charge in [0, 0.05) is 30.6 Å². The van der Waals surface area contributed by atoms with Crippen LogP contribution in [-0.4, -0.2) is 79.5 Å². The Labute approximate surface area is 300 Å². The number of benzene rings is 1. The van der Waals surface area contributed by atoms with Crippen LogP contribution in [0.1, 0.15) is 109 Å². The highest BCUT2D eigenvalue weighted by Crippen LogP contribution is 2.42. The second kappa shape index (κ2) is 17.2. The molecular weight excluding hydrogens is 657 g/mol. The Morgan fingerprint density at radius 1 is 1.00 bits per heavy atom. The summed E-state index contributed by atoms with van der Waals surface area (Å²) in [6, 6.07) is 5.54. The van der Waals surface area contributed by atoms with E-state index < -0.39 is 36.4 Å². The molecule has 0 spiro atoms. The van der Waals surface area contributed by atoms with Gasteiger partial charge in [-0.3, -0.25) is 9.59 Å². The molecule has 2 aromatic rings. The lowest BCUT2D eigenvalue weighted by atomic mass is 9.75. The van der Waals surface area contributed by atoms with E-state index in [1.54, 1.807) is 57.0 Å². The van der Waals surface area contributed by atoms with Crippen LogP contribution in [0, 0.1) is 23.7 Å². The van der Waals surface area contributed by atoms with Crippen LogP contribution in [0.5, 0.6) is 0 Å². The lowest BCUT2D eigenvalue weighted by Gasteiger charge is -2.38. The highest BCUT2D eigenvalue weighted by molar-refractivity contribution is 6.00. The minimum Gasteiger partial charge on any atom is -0.460 e. The van der Waals surface area contributed by atoms with Crippen LogP contribution >= 0.6 is 0 Å². The van der Waals surface area contributed by atoms with Gasteiger partial charge in [0.15, 0.2) is 0 Å². The maximum absolute atomic E-state index is 14.2. The molecule has 3 aliphatic rings. The molecule has 3 amide bonds. The normalized spacial score (nSPS) is 26.0. The highest BCUT2D eigenvalue weighted by Gasteiger charge is 2.47. The number of nitrogens with one attached hydrogen (secondary N) is 2. The molecule has 0 unspecified atom stereocenters. The number of rotatable bonds is 12. The predicted molar refractivity (Wildman–Crippen MR) is 191 cm³/mol. The van der Waals surface area contributed by atoms with Crippen LogP contribution in [0.25, 0.3) is 11.0 Å². The van der Waals surface area contributed by atoms with Crippen LogP contribution < -0.4 is 10.6 Å². The zero-order valence-corrected chi connectivity index (χ0v) is 30.8. The topological polar surface area (TPSA) is 136 Å². The van der Waals surface area contributed by atoms with Gasteiger partial charge in [-0.1, -0.05) is 13.3 Å². The summed E-state index contributed by atoms with van der Waals surface area (Å²) < 4.78 is 36.0. The first-order valence-corrected chi connectivity index (χ1v) is 18.8. The van der Waals surface area contributed by atoms with Crippen LogP contribution in [-0.2, 0) is 23.8 Å². The van der Waals surface area contributed by atoms with E-state index in [1.165, 1.54) is 0 Å². The number of amides is 3. The van der Waals surface area contributed by atoms with Crippen LogP contribution in [0.2, 0.25) is 0 Å². The molecular formula is C39H56FN3O8. The first kappa shape index (κ1) is 38.6. The van der Waals surface area contributed by atoms with Crippen molar-refractivity contribution in [2.75, 3.05) is 32.3 Å². The van der Waals surface area contributed by atoms with Crippen molar-refractivity contribution in [1.82, 2.24) is 10.2 Å². The lowest BCUT2D eigenvalue weighted by molar-refractivity contribution is -0.142. The lowest BCUT2D eigenvalue weighted by Crippen LogP contribution is -2.50. The number of halogens is 1. The van der Waals surface area contributed by atoms with E-state index in [0.717, 1.165) is 44.9 Å². The first-order chi connectivity index (χ1) is 24.4. The number of anilines is 1. The van der Waals surface area contributed by atoms with Gasteiger partial charge < -0.3 is 34.2 Å². The minimum atomic E-state index is -0.709. The number of carbonyl (C=O) groups excluding carboxylic acids is 4. The van der Waals surface area contributed by atoms with E-state index in [0.29, 0.717) is 61.4 Å². The maximum Gasteiger partial charge on any atom is 0.407 e. The second-order valence-electron chi connectivity index (χ2n) is 15.6. The van der Waals surface area contributed by atoms with Crippen LogP contribution in [0.15, 0.2) is 28.7 Å². The van der Waals surface area contributed by atoms with Crippen LogP contribution in [0.3, 0.4) is 0 Å². The fourth-order valence-electron chi connectivity index (χ4n) is 8.21. The van der Waals surface area contributed by atoms with Gasteiger partial charge in [-0.2, -0.15) is 0 Å². The van der Waals surface area contributed by atoms with E-state index in [1.807, 2.05) is 6.92 Å². The number of nitrogens with zero attached hydrogens (tertiary/aromatic N) is 1. The number of hydrogen-bond donors (Lipinski definition) is 2. The molecule has 1 aliphatic heterocycles. The van der Waals surface area contributed by atoms with Gasteiger partial charge in [0.05, 0.1) is 18.8 Å². The molecule has 282 valence electrons. The van der Waals surface area contributed by atoms with Crippen molar-refractivity contribution in [3.05, 3.63) is 30.0 Å². The van der Waals surface area contributed by atoms with Crippen molar-refractivity contribution in [2.45, 2.75) is 122 Å². The van der Waals surface area contributed by atoms with Crippen molar-refractivity contribution in [2.24, 2.45) is 23.7 Å². The number of alkyl halides is 1. The molecule has 1 saturated heterocycles. The summed E-state index contributed by atoms with van der Waals surface area (Å²) in [5, 5.41) is 6.44. The fraction of sp³-hybridized carbons (Fsp3) is 0.692. The Balaban J connectivity index is 1.27. The van der Waals surface area contributed by atoms with Gasteiger partial charge in [0.1, 0.15) is 23.9 Å². The molecule has 5 rings (SSSR count). The summed E-state index contributed by atoms with van der Waals surface area (Å²) in [4.78, 5) is 55.1. The Kier molecular flexibility index (Phi) is 13.0. The van der Waals surface area contributed by atoms with Crippen molar-refractivity contribution in [3.63, 3.8) is 0 Å². The van der Waals surface area contributed by atoms with Crippen molar-refractivity contribution >= 4 is 40.5 Å². The molecule has 11 nitrogen and oxygen atoms in total. The first-order valence-electron chi connectivity index (χ1n) is 18.8. The fourth-order valence-corrected chi connectivity index (χ4v) is 8.21. The molecule has 12 heteroatoms. The Bertz CT molecular complexity index is 1510. The van der Waals surface area contributed by atoms with E-state index in [2.05, 4.69) is 10.6 Å². The number of alkyl carbamates (subject to hydrolysis) is 1. The predicted octanol–water partition coefficient (Wildman–Crippen LogP) is 7.42. The number of esters is 1. The molecule has 51 heavy (non-hydrogen) atoms. The molecule has 2 N–H and O–H groups in total. The van der Waals surface area contributed by atoms with Gasteiger partial charge in [-0.05, 0) is 127 Å². The standard InChI is InChI=1S/C39H56FN3O8/c1-6-7-20-49-37(46)33-22-27-21-28(14-17-32(27)50-33)41-35(44)34-30(24-12-15-29(48-5)16-13-24)18-19-43(34)36(45)26-10-8-25(9-11-26)31(23-40)42-38(47)51-39(2,3)4/h14,17,21-22,24-26,29-31,34H,6-13,15-16,18-20,23H2,1-5H3,(H,41,44)(H,42,47)/t24?,25?,26?,29?,30-,31+,34-/m0/s1. The van der Waals surface area contributed by atoms with Crippen molar-refractivity contribution < 1.29 is 42.2 Å². The maximum atomic E-state index is 14.2. The third-order valence-electron chi connectivity index (χ3n) is 10.9. The largest absolute Gasteiger partial charge is 0.460 e. The number of methoxy groups -OCH3 is 1. The van der Waals surface area contributed by atoms with Crippen molar-refractivity contribution in [1.29, 1.82) is 0 Å². The summed E-state index contributed by atoms with van der Waals surface area (Å²) >= 11 is 0. The monoisotopic (exact) mass is 713 g/mol. The van der Waals surface area contributed by atoms with E-state index in [9.17, 15) is 23.6 Å². The average Bonchev–Trinajstić information content (AvgIpc) is 3.75. The number of fused-ring (bicyclic) bond motifs is 1. The van der Waals surface area contributed by atoms with Gasteiger partial charge in [0.25, 0.3) is 0 Å². The molecule has 0 bridgehead atoms. The van der Waals surface area contributed by atoms with Gasteiger partial charge in [-0.15, -0.1) is 0 Å². The average molecular weight is 714 g/mol. The minimum absolute atomic E-state index is 0.0131. The van der Waals surface area contributed by atoms with Crippen LogP contribution in [0.4, 0.5) is 14.9 Å². The zero-order chi connectivity index (χ0) is 36.7. The Morgan fingerprint density at radius 3 is 2.37 bits per heavy atom. The number of ether oxygens (including phenoxy) is 3.